The predicted molar refractivity (Wildman–Crippen MR) is 229 cm³/mol. The number of carbonyl (C=O) groups is 4. The monoisotopic (exact) mass is 864 g/mol. The number of alkyl carbamates (subject to hydrolysis) is 2. The highest BCUT2D eigenvalue weighted by Gasteiger charge is 2.37. The predicted octanol–water partition coefficient (Wildman–Crippen LogP) is 4.93. The summed E-state index contributed by atoms with van der Waals surface area (Å²) in [5.74, 6) is 2.94. The van der Waals surface area contributed by atoms with Gasteiger partial charge in [-0.3, -0.25) is 9.59 Å². The van der Waals surface area contributed by atoms with Gasteiger partial charge in [0.2, 0.25) is 11.8 Å². The van der Waals surface area contributed by atoms with Crippen molar-refractivity contribution < 1.29 is 47.6 Å². The molecule has 61 heavy (non-hydrogen) atoms. The lowest BCUT2D eigenvalue weighted by atomic mass is 9.98. The lowest BCUT2D eigenvalue weighted by Gasteiger charge is -2.30. The number of hydrogen-bond acceptors (Lipinski definition) is 13. The second-order valence-corrected chi connectivity index (χ2v) is 15.4. The minimum atomic E-state index is -0.748. The van der Waals surface area contributed by atoms with Crippen LogP contribution in [-0.2, 0) is 35.0 Å². The maximum atomic E-state index is 13.8. The molecule has 0 radical (unpaired) electrons. The first-order valence-electron chi connectivity index (χ1n) is 20.0. The first kappa shape index (κ1) is 46.3. The first-order chi connectivity index (χ1) is 29.6. The Morgan fingerprint density at radius 1 is 0.803 bits per heavy atom. The number of imidazole rings is 2. The Kier molecular flexibility index (Phi) is 17.7. The Morgan fingerprint density at radius 3 is 2.13 bits per heavy atom. The van der Waals surface area contributed by atoms with Crippen LogP contribution in [0.3, 0.4) is 0 Å². The van der Waals surface area contributed by atoms with E-state index in [2.05, 4.69) is 35.6 Å². The van der Waals surface area contributed by atoms with E-state index in [1.807, 2.05) is 50.2 Å². The van der Waals surface area contributed by atoms with Crippen molar-refractivity contribution in [3.05, 3.63) is 60.4 Å². The van der Waals surface area contributed by atoms with Crippen LogP contribution in [0.25, 0.3) is 33.6 Å². The Bertz CT molecular complexity index is 2060. The van der Waals surface area contributed by atoms with Gasteiger partial charge in [0, 0.05) is 44.1 Å². The number of H-pyrrole nitrogens is 2. The highest BCUT2D eigenvalue weighted by atomic mass is 32.2. The number of aryl methyl sites for hydroxylation is 1. The normalized spacial score (nSPS) is 14.1. The molecule has 5 N–H and O–H groups in total. The van der Waals surface area contributed by atoms with Crippen LogP contribution in [0.2, 0.25) is 0 Å². The largest absolute Gasteiger partial charge is 0.487 e. The molecule has 2 atom stereocenters. The van der Waals surface area contributed by atoms with Crippen LogP contribution in [0, 0.1) is 5.92 Å². The molecule has 0 spiro atoms. The first-order valence-corrected chi connectivity index (χ1v) is 21.2. The zero-order chi connectivity index (χ0) is 43.7. The summed E-state index contributed by atoms with van der Waals surface area (Å²) in [6, 6.07) is 10.9. The number of nitrogens with zero attached hydrogens (tertiary/aromatic N) is 3. The number of rotatable bonds is 22. The second kappa shape index (κ2) is 23.3. The van der Waals surface area contributed by atoms with E-state index in [0.717, 1.165) is 40.4 Å². The molecular formula is C42H56N8O10S. The van der Waals surface area contributed by atoms with Crippen LogP contribution in [0.15, 0.2) is 48.8 Å². The zero-order valence-corrected chi connectivity index (χ0v) is 36.3. The molecule has 4 amide bonds. The minimum Gasteiger partial charge on any atom is -0.487 e. The fraction of sp³-hybridized carbons (Fsp3) is 0.476. The third-order valence-electron chi connectivity index (χ3n) is 9.88. The number of ether oxygens (including phenoxy) is 6. The summed E-state index contributed by atoms with van der Waals surface area (Å²) >= 11 is 1.54. The molecule has 0 saturated carbocycles. The van der Waals surface area contributed by atoms with Crippen LogP contribution < -0.4 is 25.4 Å². The Hall–Kier alpha value is -5.79. The third-order valence-corrected chi connectivity index (χ3v) is 10.7. The van der Waals surface area contributed by atoms with E-state index < -0.39 is 18.2 Å². The van der Waals surface area contributed by atoms with Crippen molar-refractivity contribution in [2.75, 3.05) is 79.6 Å². The quantitative estimate of drug-likeness (QED) is 0.0523. The van der Waals surface area contributed by atoms with Crippen LogP contribution in [0.5, 0.6) is 11.5 Å². The summed E-state index contributed by atoms with van der Waals surface area (Å²) in [6.07, 6.45) is 4.38. The van der Waals surface area contributed by atoms with Crippen molar-refractivity contribution in [2.24, 2.45) is 5.92 Å². The van der Waals surface area contributed by atoms with Crippen molar-refractivity contribution in [1.29, 1.82) is 0 Å². The molecule has 0 aliphatic carbocycles. The number of aromatic amines is 2. The van der Waals surface area contributed by atoms with Gasteiger partial charge in [0.15, 0.2) is 11.5 Å². The second-order valence-electron chi connectivity index (χ2n) is 14.3. The summed E-state index contributed by atoms with van der Waals surface area (Å²) in [6.45, 7) is 5.37. The molecule has 1 aliphatic heterocycles. The van der Waals surface area contributed by atoms with Gasteiger partial charge in [0.25, 0.3) is 0 Å². The number of methoxy groups -OCH3 is 4. The van der Waals surface area contributed by atoms with Crippen molar-refractivity contribution in [1.82, 2.24) is 40.8 Å². The number of benzene rings is 2. The lowest BCUT2D eigenvalue weighted by molar-refractivity contribution is -0.135. The molecule has 1 aliphatic rings. The number of hydrogen-bond donors (Lipinski definition) is 5. The van der Waals surface area contributed by atoms with Crippen molar-refractivity contribution in [3.8, 4) is 45.1 Å². The number of amides is 4. The Morgan fingerprint density at radius 2 is 1.46 bits per heavy atom. The molecule has 330 valence electrons. The van der Waals surface area contributed by atoms with Crippen LogP contribution in [0.1, 0.15) is 44.4 Å². The maximum absolute atomic E-state index is 13.8. The smallest absolute Gasteiger partial charge is 0.407 e. The SMILES string of the molecule is COCCOc1c(-c2ccc(-c3cnc(CCSCNC(=O)CNC(=O)OC)[nH]3)cc2)ccc(-c2cnc(C3CCCN3C(=O)C(NC(=O)OC)C(C)C)[nH]2)c1OCCOC. The standard InChI is InChI=1S/C42H56N8O10S/c1-26(2)36(49-42(54)58-6)40(52)50-16-7-8-33(50)39-44-23-32(48-39)30-14-13-29(37(59-19-17-55-3)38(30)60-20-18-56-4)27-9-11-28(12-10-27)31-22-43-34(47-31)15-21-61-25-46-35(51)24-45-41(53)57-5/h9-14,22-23,26,33,36H,7-8,15-21,24-25H2,1-6H3,(H,43,47)(H,44,48)(H,45,53)(H,46,51)(H,49,54). The average molecular weight is 865 g/mol. The van der Waals surface area contributed by atoms with Gasteiger partial charge in [-0.25, -0.2) is 19.6 Å². The van der Waals surface area contributed by atoms with Crippen molar-refractivity contribution in [2.45, 2.75) is 45.2 Å². The summed E-state index contributed by atoms with van der Waals surface area (Å²) in [7, 11) is 5.74. The van der Waals surface area contributed by atoms with Crippen LogP contribution >= 0.6 is 11.8 Å². The lowest BCUT2D eigenvalue weighted by Crippen LogP contribution is -2.51. The molecule has 19 heteroatoms. The van der Waals surface area contributed by atoms with Gasteiger partial charge in [0.05, 0.1) is 63.1 Å². The summed E-state index contributed by atoms with van der Waals surface area (Å²) < 4.78 is 32.8. The third kappa shape index (κ3) is 12.6. The summed E-state index contributed by atoms with van der Waals surface area (Å²) in [5.41, 5.74) is 4.90. The van der Waals surface area contributed by atoms with Gasteiger partial charge in [-0.15, -0.1) is 11.8 Å². The minimum absolute atomic E-state index is 0.151. The maximum Gasteiger partial charge on any atom is 0.407 e. The van der Waals surface area contributed by atoms with Gasteiger partial charge in [0.1, 0.15) is 37.4 Å². The highest BCUT2D eigenvalue weighted by molar-refractivity contribution is 7.99. The number of carbonyl (C=O) groups excluding carboxylic acids is 4. The van der Waals surface area contributed by atoms with E-state index in [1.54, 1.807) is 43.3 Å². The zero-order valence-electron chi connectivity index (χ0n) is 35.5. The van der Waals surface area contributed by atoms with Crippen molar-refractivity contribution in [3.63, 3.8) is 0 Å². The highest BCUT2D eigenvalue weighted by Crippen LogP contribution is 2.45. The molecule has 4 aromatic rings. The summed E-state index contributed by atoms with van der Waals surface area (Å²) in [4.78, 5) is 66.8. The number of likely N-dealkylation sites (tertiary alicyclic amines) is 1. The molecule has 0 bridgehead atoms. The van der Waals surface area contributed by atoms with Gasteiger partial charge >= 0.3 is 12.2 Å². The molecule has 3 heterocycles. The van der Waals surface area contributed by atoms with E-state index in [0.29, 0.717) is 67.1 Å². The fourth-order valence-corrected chi connectivity index (χ4v) is 7.45. The van der Waals surface area contributed by atoms with Gasteiger partial charge in [-0.05, 0) is 42.0 Å². The number of aromatic nitrogens is 4. The summed E-state index contributed by atoms with van der Waals surface area (Å²) in [5, 5.41) is 7.78. The molecule has 18 nitrogen and oxygen atoms in total. The van der Waals surface area contributed by atoms with Gasteiger partial charge < -0.3 is 59.2 Å². The number of thioether (sulfide) groups is 1. The molecule has 5 rings (SSSR count). The molecule has 1 fully saturated rings. The average Bonchev–Trinajstić information content (AvgIpc) is 4.07. The van der Waals surface area contributed by atoms with Gasteiger partial charge in [-0.2, -0.15) is 0 Å². The molecule has 2 aromatic carbocycles. The van der Waals surface area contributed by atoms with E-state index in [-0.39, 0.29) is 43.5 Å². The topological polar surface area (TPSA) is 220 Å². The van der Waals surface area contributed by atoms with E-state index in [4.69, 9.17) is 28.7 Å². The molecule has 2 aromatic heterocycles. The molecular weight excluding hydrogens is 809 g/mol. The Balaban J connectivity index is 1.34. The van der Waals surface area contributed by atoms with Crippen LogP contribution in [0.4, 0.5) is 9.59 Å². The van der Waals surface area contributed by atoms with Gasteiger partial charge in [-0.1, -0.05) is 38.1 Å². The van der Waals surface area contributed by atoms with Crippen molar-refractivity contribution >= 4 is 35.8 Å². The van der Waals surface area contributed by atoms with E-state index in [1.165, 1.54) is 14.2 Å². The van der Waals surface area contributed by atoms with E-state index in [9.17, 15) is 19.2 Å². The van der Waals surface area contributed by atoms with E-state index >= 15 is 0 Å². The molecule has 1 saturated heterocycles. The molecule has 2 unspecified atom stereocenters. The fourth-order valence-electron chi connectivity index (χ4n) is 6.70. The number of nitrogens with one attached hydrogen (secondary N) is 5. The Labute approximate surface area is 359 Å². The van der Waals surface area contributed by atoms with Crippen LogP contribution in [-0.4, -0.2) is 134 Å².